The van der Waals surface area contributed by atoms with Gasteiger partial charge in [-0.05, 0) is 38.0 Å². The highest BCUT2D eigenvalue weighted by atomic mass is 32.2. The van der Waals surface area contributed by atoms with E-state index in [9.17, 15) is 8.42 Å². The molecule has 0 spiro atoms. The van der Waals surface area contributed by atoms with Crippen LogP contribution < -0.4 is 10.0 Å². The maximum Gasteiger partial charge on any atom is 0.262 e. The van der Waals surface area contributed by atoms with Crippen molar-refractivity contribution in [3.63, 3.8) is 0 Å². The molecule has 0 amide bonds. The van der Waals surface area contributed by atoms with Gasteiger partial charge >= 0.3 is 0 Å². The minimum Gasteiger partial charge on any atom is -0.309 e. The first-order chi connectivity index (χ1) is 10.0. The molecule has 2 N–H and O–H groups in total. The van der Waals surface area contributed by atoms with Gasteiger partial charge in [0.2, 0.25) is 0 Å². The first-order valence-corrected chi connectivity index (χ1v) is 9.16. The van der Waals surface area contributed by atoms with Gasteiger partial charge in [-0.2, -0.15) is 0 Å². The molecule has 1 aliphatic rings. The third kappa shape index (κ3) is 3.61. The van der Waals surface area contributed by atoms with E-state index in [1.54, 1.807) is 36.7 Å². The molecule has 0 unspecified atom stereocenters. The molecule has 2 aromatic rings. The largest absolute Gasteiger partial charge is 0.309 e. The van der Waals surface area contributed by atoms with Crippen LogP contribution in [0.1, 0.15) is 23.4 Å². The van der Waals surface area contributed by atoms with Crippen LogP contribution in [0.3, 0.4) is 0 Å². The summed E-state index contributed by atoms with van der Waals surface area (Å²) in [5, 5.41) is 5.06. The highest BCUT2D eigenvalue weighted by Gasteiger charge is 2.21. The molecule has 0 saturated heterocycles. The van der Waals surface area contributed by atoms with Crippen molar-refractivity contribution >= 4 is 27.0 Å². The minimum atomic E-state index is -3.55. The SMILES string of the molecule is Cc1ncccc1NS(=O)(=O)c1csc(CNC2CC2)c1. The van der Waals surface area contributed by atoms with Gasteiger partial charge in [0, 0.05) is 29.0 Å². The van der Waals surface area contributed by atoms with Crippen molar-refractivity contribution in [3.8, 4) is 0 Å². The zero-order chi connectivity index (χ0) is 14.9. The molecule has 0 radical (unpaired) electrons. The molecule has 0 aromatic carbocycles. The molecule has 21 heavy (non-hydrogen) atoms. The molecule has 112 valence electrons. The van der Waals surface area contributed by atoms with Gasteiger partial charge in [0.05, 0.1) is 16.3 Å². The Kier molecular flexibility index (Phi) is 3.97. The summed E-state index contributed by atoms with van der Waals surface area (Å²) < 4.78 is 27.3. The molecule has 7 heteroatoms. The first kappa shape index (κ1) is 14.5. The molecule has 5 nitrogen and oxygen atoms in total. The second kappa shape index (κ2) is 5.75. The van der Waals surface area contributed by atoms with Gasteiger partial charge < -0.3 is 5.32 Å². The number of hydrogen-bond acceptors (Lipinski definition) is 5. The van der Waals surface area contributed by atoms with Crippen LogP contribution in [0.5, 0.6) is 0 Å². The number of aromatic nitrogens is 1. The number of nitrogens with one attached hydrogen (secondary N) is 2. The summed E-state index contributed by atoms with van der Waals surface area (Å²) in [6.07, 6.45) is 4.08. The Morgan fingerprint density at radius 1 is 1.43 bits per heavy atom. The Bertz CT molecular complexity index is 736. The van der Waals surface area contributed by atoms with Gasteiger partial charge in [0.25, 0.3) is 10.0 Å². The standard InChI is InChI=1S/C14H17N3O2S2/c1-10-14(3-2-6-15-10)17-21(18,19)13-7-12(20-9-13)8-16-11-4-5-11/h2-3,6-7,9,11,16-17H,4-5,8H2,1H3. The summed E-state index contributed by atoms with van der Waals surface area (Å²) in [4.78, 5) is 5.42. The van der Waals surface area contributed by atoms with Crippen LogP contribution in [0.25, 0.3) is 0 Å². The summed E-state index contributed by atoms with van der Waals surface area (Å²) >= 11 is 1.46. The molecule has 2 heterocycles. The number of hydrogen-bond donors (Lipinski definition) is 2. The Labute approximate surface area is 128 Å². The minimum absolute atomic E-state index is 0.309. The zero-order valence-electron chi connectivity index (χ0n) is 11.7. The molecule has 1 aliphatic carbocycles. The van der Waals surface area contributed by atoms with Crippen molar-refractivity contribution in [1.29, 1.82) is 0 Å². The highest BCUT2D eigenvalue weighted by molar-refractivity contribution is 7.92. The molecule has 3 rings (SSSR count). The Balaban J connectivity index is 1.73. The normalized spacial score (nSPS) is 15.1. The molecule has 0 aliphatic heterocycles. The average Bonchev–Trinajstić information content (AvgIpc) is 3.15. The van der Waals surface area contributed by atoms with Gasteiger partial charge in [0.1, 0.15) is 0 Å². The number of nitrogens with zero attached hydrogens (tertiary/aromatic N) is 1. The van der Waals surface area contributed by atoms with Crippen molar-refractivity contribution in [2.24, 2.45) is 0 Å². The fourth-order valence-corrected chi connectivity index (χ4v) is 4.27. The van der Waals surface area contributed by atoms with Crippen LogP contribution in [0.4, 0.5) is 5.69 Å². The number of rotatable bonds is 6. The van der Waals surface area contributed by atoms with Crippen LogP contribution in [0.2, 0.25) is 0 Å². The topological polar surface area (TPSA) is 71.1 Å². The maximum atomic E-state index is 12.4. The van der Waals surface area contributed by atoms with E-state index in [4.69, 9.17) is 0 Å². The van der Waals surface area contributed by atoms with Crippen LogP contribution >= 0.6 is 11.3 Å². The van der Waals surface area contributed by atoms with Crippen LogP contribution in [-0.4, -0.2) is 19.4 Å². The van der Waals surface area contributed by atoms with Gasteiger partial charge in [-0.3, -0.25) is 9.71 Å². The van der Waals surface area contributed by atoms with Gasteiger partial charge in [-0.25, -0.2) is 8.42 Å². The third-order valence-corrected chi connectivity index (χ3v) is 5.76. The molecule has 1 saturated carbocycles. The number of pyridine rings is 1. The smallest absolute Gasteiger partial charge is 0.262 e. The van der Waals surface area contributed by atoms with Crippen LogP contribution in [0.15, 0.2) is 34.7 Å². The van der Waals surface area contributed by atoms with Crippen molar-refractivity contribution in [1.82, 2.24) is 10.3 Å². The summed E-state index contributed by atoms with van der Waals surface area (Å²) in [6, 6.07) is 5.77. The van der Waals surface area contributed by atoms with E-state index in [1.165, 1.54) is 24.2 Å². The molecule has 2 aromatic heterocycles. The van der Waals surface area contributed by atoms with E-state index in [2.05, 4.69) is 15.0 Å². The lowest BCUT2D eigenvalue weighted by Gasteiger charge is -2.08. The molecular formula is C14H17N3O2S2. The van der Waals surface area contributed by atoms with E-state index < -0.39 is 10.0 Å². The maximum absolute atomic E-state index is 12.4. The van der Waals surface area contributed by atoms with E-state index in [-0.39, 0.29) is 0 Å². The van der Waals surface area contributed by atoms with E-state index in [1.807, 2.05) is 0 Å². The monoisotopic (exact) mass is 323 g/mol. The lowest BCUT2D eigenvalue weighted by Crippen LogP contribution is -2.15. The second-order valence-electron chi connectivity index (χ2n) is 5.15. The Morgan fingerprint density at radius 2 is 2.24 bits per heavy atom. The van der Waals surface area contributed by atoms with Gasteiger partial charge in [-0.1, -0.05) is 0 Å². The number of anilines is 1. The average molecular weight is 323 g/mol. The predicted octanol–water partition coefficient (Wildman–Crippen LogP) is 2.50. The fraction of sp³-hybridized carbons (Fsp3) is 0.357. The molecule has 1 fully saturated rings. The number of sulfonamides is 1. The molecule has 0 atom stereocenters. The van der Waals surface area contributed by atoms with Crippen molar-refractivity contribution in [3.05, 3.63) is 40.3 Å². The van der Waals surface area contributed by atoms with Crippen molar-refractivity contribution in [2.75, 3.05) is 4.72 Å². The van der Waals surface area contributed by atoms with Gasteiger partial charge in [0.15, 0.2) is 0 Å². The third-order valence-electron chi connectivity index (χ3n) is 3.33. The number of thiophene rings is 1. The summed E-state index contributed by atoms with van der Waals surface area (Å²) in [5.74, 6) is 0. The van der Waals surface area contributed by atoms with E-state index in [0.717, 1.165) is 11.4 Å². The Hall–Kier alpha value is -1.44. The molecular weight excluding hydrogens is 306 g/mol. The Morgan fingerprint density at radius 3 is 2.95 bits per heavy atom. The van der Waals surface area contributed by atoms with Crippen LogP contribution in [-0.2, 0) is 16.6 Å². The van der Waals surface area contributed by atoms with E-state index >= 15 is 0 Å². The van der Waals surface area contributed by atoms with E-state index in [0.29, 0.717) is 22.3 Å². The summed E-state index contributed by atoms with van der Waals surface area (Å²) in [6.45, 7) is 2.51. The fourth-order valence-electron chi connectivity index (χ4n) is 1.92. The highest BCUT2D eigenvalue weighted by Crippen LogP contribution is 2.24. The zero-order valence-corrected chi connectivity index (χ0v) is 13.3. The quantitative estimate of drug-likeness (QED) is 0.857. The second-order valence-corrected chi connectivity index (χ2v) is 7.82. The van der Waals surface area contributed by atoms with Crippen molar-refractivity contribution < 1.29 is 8.42 Å². The van der Waals surface area contributed by atoms with Gasteiger partial charge in [-0.15, -0.1) is 11.3 Å². The van der Waals surface area contributed by atoms with Crippen molar-refractivity contribution in [2.45, 2.75) is 37.2 Å². The van der Waals surface area contributed by atoms with Crippen LogP contribution in [0, 0.1) is 6.92 Å². The summed E-state index contributed by atoms with van der Waals surface area (Å²) in [5.41, 5.74) is 1.17. The predicted molar refractivity (Wildman–Crippen MR) is 84.0 cm³/mol. The number of aryl methyl sites for hydroxylation is 1. The summed E-state index contributed by atoms with van der Waals surface area (Å²) in [7, 11) is -3.55. The lowest BCUT2D eigenvalue weighted by atomic mass is 10.3. The molecule has 0 bridgehead atoms. The first-order valence-electron chi connectivity index (χ1n) is 6.80. The lowest BCUT2D eigenvalue weighted by molar-refractivity contribution is 0.601.